The highest BCUT2D eigenvalue weighted by atomic mass is 35.5. The summed E-state index contributed by atoms with van der Waals surface area (Å²) in [6.07, 6.45) is 1.82. The molecule has 3 nitrogen and oxygen atoms in total. The van der Waals surface area contributed by atoms with E-state index in [0.29, 0.717) is 0 Å². The Morgan fingerprint density at radius 1 is 1.47 bits per heavy atom. The molecule has 78 valence electrons. The minimum absolute atomic E-state index is 0.734. The Labute approximate surface area is 93.5 Å². The van der Waals surface area contributed by atoms with Crippen molar-refractivity contribution in [1.82, 2.24) is 15.3 Å². The molecule has 0 bridgehead atoms. The molecule has 2 rings (SSSR count). The second-order valence-electron chi connectivity index (χ2n) is 3.28. The zero-order valence-electron chi connectivity index (χ0n) is 8.42. The van der Waals surface area contributed by atoms with Gasteiger partial charge < -0.3 is 10.3 Å². The average molecular weight is 222 g/mol. The fourth-order valence-corrected chi connectivity index (χ4v) is 1.61. The van der Waals surface area contributed by atoms with Gasteiger partial charge in [0.25, 0.3) is 0 Å². The topological polar surface area (TPSA) is 40.7 Å². The van der Waals surface area contributed by atoms with Crippen LogP contribution in [0.3, 0.4) is 0 Å². The molecule has 4 heteroatoms. The van der Waals surface area contributed by atoms with E-state index in [-0.39, 0.29) is 0 Å². The zero-order chi connectivity index (χ0) is 10.7. The summed E-state index contributed by atoms with van der Waals surface area (Å²) in [5, 5.41) is 3.77. The lowest BCUT2D eigenvalue weighted by atomic mass is 10.2. The second-order valence-corrected chi connectivity index (χ2v) is 3.72. The molecular weight excluding hydrogens is 210 g/mol. The van der Waals surface area contributed by atoms with Gasteiger partial charge in [0.05, 0.1) is 18.4 Å². The van der Waals surface area contributed by atoms with Crippen LogP contribution in [-0.4, -0.2) is 17.0 Å². The first kappa shape index (κ1) is 10.2. The molecule has 0 amide bonds. The number of aromatic amines is 1. The first-order valence-electron chi connectivity index (χ1n) is 4.74. The highest BCUT2D eigenvalue weighted by Gasteiger charge is 2.02. The Balaban J connectivity index is 2.29. The number of imidazole rings is 1. The van der Waals surface area contributed by atoms with Crippen molar-refractivity contribution in [3.63, 3.8) is 0 Å². The summed E-state index contributed by atoms with van der Waals surface area (Å²) in [5.41, 5.74) is 2.04. The molecule has 2 aromatic rings. The molecule has 15 heavy (non-hydrogen) atoms. The summed E-state index contributed by atoms with van der Waals surface area (Å²) in [7, 11) is 1.89. The largest absolute Gasteiger partial charge is 0.341 e. The van der Waals surface area contributed by atoms with Crippen LogP contribution in [0.2, 0.25) is 5.02 Å². The fourth-order valence-electron chi connectivity index (χ4n) is 1.42. The van der Waals surface area contributed by atoms with Crippen molar-refractivity contribution in [2.24, 2.45) is 0 Å². The summed E-state index contributed by atoms with van der Waals surface area (Å²) in [5.74, 6) is 0.924. The van der Waals surface area contributed by atoms with Crippen molar-refractivity contribution in [2.75, 3.05) is 7.05 Å². The minimum Gasteiger partial charge on any atom is -0.341 e. The number of hydrogen-bond acceptors (Lipinski definition) is 2. The predicted octanol–water partition coefficient (Wildman–Crippen LogP) is 2.45. The Morgan fingerprint density at radius 3 is 3.07 bits per heavy atom. The third-order valence-electron chi connectivity index (χ3n) is 2.11. The Hall–Kier alpha value is -1.32. The van der Waals surface area contributed by atoms with Crippen molar-refractivity contribution in [2.45, 2.75) is 6.54 Å². The molecule has 0 aliphatic carbocycles. The van der Waals surface area contributed by atoms with Crippen molar-refractivity contribution in [3.8, 4) is 11.3 Å². The van der Waals surface area contributed by atoms with Crippen LogP contribution in [0.25, 0.3) is 11.3 Å². The lowest BCUT2D eigenvalue weighted by Crippen LogP contribution is -2.06. The summed E-state index contributed by atoms with van der Waals surface area (Å²) < 4.78 is 0. The minimum atomic E-state index is 0.734. The highest BCUT2D eigenvalue weighted by molar-refractivity contribution is 6.30. The first-order valence-corrected chi connectivity index (χ1v) is 5.12. The quantitative estimate of drug-likeness (QED) is 0.836. The van der Waals surface area contributed by atoms with Crippen LogP contribution in [-0.2, 0) is 6.54 Å². The summed E-state index contributed by atoms with van der Waals surface area (Å²) >= 11 is 5.92. The van der Waals surface area contributed by atoms with Gasteiger partial charge >= 0.3 is 0 Å². The van der Waals surface area contributed by atoms with Crippen LogP contribution in [0.4, 0.5) is 0 Å². The number of H-pyrrole nitrogens is 1. The van der Waals surface area contributed by atoms with Gasteiger partial charge in [-0.3, -0.25) is 0 Å². The Kier molecular flexibility index (Phi) is 3.04. The molecule has 0 spiro atoms. The SMILES string of the molecule is CNCc1ncc(-c2cccc(Cl)c2)[nH]1. The standard InChI is InChI=1S/C11H12ClN3/c1-13-7-11-14-6-10(15-11)8-3-2-4-9(12)5-8/h2-6,13H,7H2,1H3,(H,14,15). The van der Waals surface area contributed by atoms with Gasteiger partial charge in [-0.1, -0.05) is 23.7 Å². The average Bonchev–Trinajstić information content (AvgIpc) is 2.67. The molecule has 0 saturated heterocycles. The Morgan fingerprint density at radius 2 is 2.33 bits per heavy atom. The maximum Gasteiger partial charge on any atom is 0.120 e. The van der Waals surface area contributed by atoms with E-state index in [0.717, 1.165) is 28.6 Å². The van der Waals surface area contributed by atoms with Gasteiger partial charge in [-0.05, 0) is 19.2 Å². The van der Waals surface area contributed by atoms with Crippen LogP contribution in [0.15, 0.2) is 30.5 Å². The lowest BCUT2D eigenvalue weighted by molar-refractivity contribution is 0.772. The molecule has 1 aromatic carbocycles. The number of aromatic nitrogens is 2. The van der Waals surface area contributed by atoms with E-state index in [1.54, 1.807) is 0 Å². The normalized spacial score (nSPS) is 10.5. The van der Waals surface area contributed by atoms with Crippen molar-refractivity contribution in [1.29, 1.82) is 0 Å². The van der Waals surface area contributed by atoms with Crippen molar-refractivity contribution < 1.29 is 0 Å². The molecule has 0 aliphatic rings. The van der Waals surface area contributed by atoms with E-state index in [1.807, 2.05) is 37.5 Å². The third-order valence-corrected chi connectivity index (χ3v) is 2.34. The van der Waals surface area contributed by atoms with Gasteiger partial charge in [-0.2, -0.15) is 0 Å². The molecule has 0 atom stereocenters. The highest BCUT2D eigenvalue weighted by Crippen LogP contribution is 2.20. The molecule has 0 aliphatic heterocycles. The van der Waals surface area contributed by atoms with Crippen LogP contribution >= 0.6 is 11.6 Å². The molecule has 0 unspecified atom stereocenters. The zero-order valence-corrected chi connectivity index (χ0v) is 9.17. The van der Waals surface area contributed by atoms with Gasteiger partial charge in [0.2, 0.25) is 0 Å². The van der Waals surface area contributed by atoms with Gasteiger partial charge in [0, 0.05) is 10.6 Å². The molecule has 2 N–H and O–H groups in total. The van der Waals surface area contributed by atoms with E-state index in [2.05, 4.69) is 15.3 Å². The van der Waals surface area contributed by atoms with E-state index < -0.39 is 0 Å². The fraction of sp³-hybridized carbons (Fsp3) is 0.182. The van der Waals surface area contributed by atoms with Gasteiger partial charge in [0.15, 0.2) is 0 Å². The summed E-state index contributed by atoms with van der Waals surface area (Å²) in [6, 6.07) is 7.70. The number of nitrogens with one attached hydrogen (secondary N) is 2. The summed E-state index contributed by atoms with van der Waals surface area (Å²) in [4.78, 5) is 7.48. The Bertz CT molecular complexity index is 451. The van der Waals surface area contributed by atoms with E-state index >= 15 is 0 Å². The molecular formula is C11H12ClN3. The van der Waals surface area contributed by atoms with Crippen LogP contribution in [0.5, 0.6) is 0 Å². The molecule has 0 saturated carbocycles. The lowest BCUT2D eigenvalue weighted by Gasteiger charge is -1.97. The first-order chi connectivity index (χ1) is 7.29. The third kappa shape index (κ3) is 2.37. The molecule has 1 heterocycles. The number of rotatable bonds is 3. The van der Waals surface area contributed by atoms with Gasteiger partial charge in [-0.25, -0.2) is 4.98 Å². The van der Waals surface area contributed by atoms with E-state index in [1.165, 1.54) is 0 Å². The van der Waals surface area contributed by atoms with Gasteiger partial charge in [-0.15, -0.1) is 0 Å². The number of nitrogens with zero attached hydrogens (tertiary/aromatic N) is 1. The van der Waals surface area contributed by atoms with E-state index in [9.17, 15) is 0 Å². The molecule has 0 radical (unpaired) electrons. The monoisotopic (exact) mass is 221 g/mol. The molecule has 1 aromatic heterocycles. The number of benzene rings is 1. The number of halogens is 1. The summed E-state index contributed by atoms with van der Waals surface area (Å²) in [6.45, 7) is 0.737. The molecule has 0 fully saturated rings. The number of hydrogen-bond donors (Lipinski definition) is 2. The predicted molar refractivity (Wildman–Crippen MR) is 61.8 cm³/mol. The van der Waals surface area contributed by atoms with E-state index in [4.69, 9.17) is 11.6 Å². The maximum absolute atomic E-state index is 5.92. The smallest absolute Gasteiger partial charge is 0.120 e. The van der Waals surface area contributed by atoms with Crippen LogP contribution in [0, 0.1) is 0 Å². The van der Waals surface area contributed by atoms with Crippen LogP contribution in [0.1, 0.15) is 5.82 Å². The maximum atomic E-state index is 5.92. The van der Waals surface area contributed by atoms with Crippen LogP contribution < -0.4 is 5.32 Å². The van der Waals surface area contributed by atoms with Crippen molar-refractivity contribution >= 4 is 11.6 Å². The second kappa shape index (κ2) is 4.47. The van der Waals surface area contributed by atoms with Crippen molar-refractivity contribution in [3.05, 3.63) is 41.3 Å². The van der Waals surface area contributed by atoms with Gasteiger partial charge in [0.1, 0.15) is 5.82 Å².